The van der Waals surface area contributed by atoms with Gasteiger partial charge >= 0.3 is 0 Å². The van der Waals surface area contributed by atoms with Crippen LogP contribution in [0.25, 0.3) is 11.0 Å². The molecule has 0 bridgehead atoms. The van der Waals surface area contributed by atoms with Crippen LogP contribution in [0.4, 0.5) is 11.6 Å². The van der Waals surface area contributed by atoms with Gasteiger partial charge in [0, 0.05) is 38.0 Å². The smallest absolute Gasteiger partial charge is 0.143 e. The summed E-state index contributed by atoms with van der Waals surface area (Å²) in [5.74, 6) is 2.36. The van der Waals surface area contributed by atoms with E-state index in [4.69, 9.17) is 9.72 Å². The molecule has 5 rings (SSSR count). The number of nitrogens with zero attached hydrogens (tertiary/aromatic N) is 4. The summed E-state index contributed by atoms with van der Waals surface area (Å²) < 4.78 is 5.75. The molecule has 8 nitrogen and oxygen atoms in total. The molecule has 2 fully saturated rings. The summed E-state index contributed by atoms with van der Waals surface area (Å²) in [4.78, 5) is 19.7. The molecule has 0 spiro atoms. The van der Waals surface area contributed by atoms with Crippen LogP contribution in [-0.4, -0.2) is 57.8 Å². The van der Waals surface area contributed by atoms with Gasteiger partial charge in [0.05, 0.1) is 23.7 Å². The van der Waals surface area contributed by atoms with E-state index in [0.717, 1.165) is 60.9 Å². The maximum absolute atomic E-state index is 5.75. The van der Waals surface area contributed by atoms with Gasteiger partial charge in [0.25, 0.3) is 0 Å². The minimum absolute atomic E-state index is 0.280. The Bertz CT molecular complexity index is 1060. The van der Waals surface area contributed by atoms with Crippen molar-refractivity contribution in [1.29, 1.82) is 0 Å². The first-order valence-electron chi connectivity index (χ1n) is 11.7. The Hall–Kier alpha value is -2.71. The number of nitrogens with one attached hydrogen (secondary N) is 3. The summed E-state index contributed by atoms with van der Waals surface area (Å²) in [5, 5.41) is 8.21. The third-order valence-corrected chi connectivity index (χ3v) is 6.54. The highest BCUT2D eigenvalue weighted by molar-refractivity contribution is 5.90. The van der Waals surface area contributed by atoms with Gasteiger partial charge in [-0.05, 0) is 57.2 Å². The van der Waals surface area contributed by atoms with E-state index in [2.05, 4.69) is 75.7 Å². The second kappa shape index (κ2) is 9.03. The van der Waals surface area contributed by atoms with Crippen LogP contribution in [0.1, 0.15) is 50.8 Å². The lowest BCUT2D eigenvalue weighted by Crippen LogP contribution is -2.54. The van der Waals surface area contributed by atoms with Crippen molar-refractivity contribution < 1.29 is 4.74 Å². The SMILES string of the molecule is C[C@@H]1CN(c2cccc(CNc3ncnc4[nH]cc([C@H]5CCO[C@@H](C)C5)c34)n2)C[C@H](C)N1. The summed E-state index contributed by atoms with van der Waals surface area (Å²) in [6.07, 6.45) is 6.04. The average molecular weight is 436 g/mol. The first kappa shape index (κ1) is 21.2. The first-order valence-corrected chi connectivity index (χ1v) is 11.7. The Morgan fingerprint density at radius 3 is 2.81 bits per heavy atom. The fourth-order valence-corrected chi connectivity index (χ4v) is 5.15. The minimum Gasteiger partial charge on any atom is -0.378 e. The van der Waals surface area contributed by atoms with E-state index in [-0.39, 0.29) is 6.10 Å². The zero-order valence-corrected chi connectivity index (χ0v) is 19.1. The number of hydrogen-bond donors (Lipinski definition) is 3. The second-order valence-electron chi connectivity index (χ2n) is 9.31. The van der Waals surface area contributed by atoms with E-state index in [1.54, 1.807) is 6.33 Å². The predicted molar refractivity (Wildman–Crippen MR) is 127 cm³/mol. The number of aromatic nitrogens is 4. The molecule has 5 heterocycles. The molecule has 2 saturated heterocycles. The Morgan fingerprint density at radius 2 is 2.00 bits per heavy atom. The highest BCUT2D eigenvalue weighted by atomic mass is 16.5. The van der Waals surface area contributed by atoms with E-state index < -0.39 is 0 Å². The fraction of sp³-hybridized carbons (Fsp3) is 0.542. The van der Waals surface area contributed by atoms with Crippen LogP contribution in [0.5, 0.6) is 0 Å². The summed E-state index contributed by atoms with van der Waals surface area (Å²) >= 11 is 0. The Labute approximate surface area is 189 Å². The number of rotatable bonds is 5. The maximum Gasteiger partial charge on any atom is 0.143 e. The second-order valence-corrected chi connectivity index (χ2v) is 9.31. The van der Waals surface area contributed by atoms with E-state index in [1.807, 2.05) is 0 Å². The van der Waals surface area contributed by atoms with Crippen molar-refractivity contribution in [2.45, 2.75) is 64.3 Å². The number of aromatic amines is 1. The summed E-state index contributed by atoms with van der Waals surface area (Å²) in [7, 11) is 0. The summed E-state index contributed by atoms with van der Waals surface area (Å²) in [5.41, 5.74) is 3.16. The van der Waals surface area contributed by atoms with E-state index in [0.29, 0.717) is 24.5 Å². The summed E-state index contributed by atoms with van der Waals surface area (Å²) in [6, 6.07) is 7.18. The largest absolute Gasteiger partial charge is 0.378 e. The molecule has 0 aliphatic carbocycles. The highest BCUT2D eigenvalue weighted by Crippen LogP contribution is 2.36. The molecule has 0 amide bonds. The van der Waals surface area contributed by atoms with Gasteiger partial charge in [-0.1, -0.05) is 6.07 Å². The van der Waals surface area contributed by atoms with Gasteiger partial charge in [0.15, 0.2) is 0 Å². The number of ether oxygens (including phenoxy) is 1. The van der Waals surface area contributed by atoms with Gasteiger partial charge in [-0.15, -0.1) is 0 Å². The zero-order valence-electron chi connectivity index (χ0n) is 19.1. The molecule has 2 aliphatic heterocycles. The molecule has 0 radical (unpaired) electrons. The zero-order chi connectivity index (χ0) is 22.1. The van der Waals surface area contributed by atoms with E-state index >= 15 is 0 Å². The number of anilines is 2. The molecule has 8 heteroatoms. The van der Waals surface area contributed by atoms with E-state index in [1.165, 1.54) is 5.56 Å². The quantitative estimate of drug-likeness (QED) is 0.565. The van der Waals surface area contributed by atoms with Crippen LogP contribution in [0.3, 0.4) is 0 Å². The predicted octanol–water partition coefficient (Wildman–Crippen LogP) is 3.43. The molecule has 32 heavy (non-hydrogen) atoms. The molecule has 3 aromatic rings. The molecule has 0 unspecified atom stereocenters. The van der Waals surface area contributed by atoms with Gasteiger partial charge in [0.2, 0.25) is 0 Å². The van der Waals surface area contributed by atoms with Crippen LogP contribution < -0.4 is 15.5 Å². The van der Waals surface area contributed by atoms with Gasteiger partial charge < -0.3 is 25.3 Å². The number of piperazine rings is 1. The van der Waals surface area contributed by atoms with Crippen LogP contribution >= 0.6 is 0 Å². The topological polar surface area (TPSA) is 91.0 Å². The molecular formula is C24H33N7O. The molecule has 4 atom stereocenters. The number of hydrogen-bond acceptors (Lipinski definition) is 7. The van der Waals surface area contributed by atoms with Crippen molar-refractivity contribution in [2.75, 3.05) is 29.9 Å². The molecule has 0 saturated carbocycles. The third kappa shape index (κ3) is 4.42. The minimum atomic E-state index is 0.280. The standard InChI is InChI=1S/C24H33N7O/c1-15-12-31(13-16(2)29-15)21-6-4-5-19(30-21)10-25-23-22-20(11-26-24(22)28-14-27-23)18-7-8-32-17(3)9-18/h4-6,11,14-18,29H,7-10,12-13H2,1-3H3,(H2,25,26,27,28)/t15-,16+,17-,18-/m0/s1. The van der Waals surface area contributed by atoms with Crippen molar-refractivity contribution >= 4 is 22.7 Å². The van der Waals surface area contributed by atoms with Crippen LogP contribution in [0.15, 0.2) is 30.7 Å². The number of fused-ring (bicyclic) bond motifs is 1. The Morgan fingerprint density at radius 1 is 1.16 bits per heavy atom. The molecular weight excluding hydrogens is 402 g/mol. The molecule has 170 valence electrons. The lowest BCUT2D eigenvalue weighted by atomic mass is 9.89. The van der Waals surface area contributed by atoms with Gasteiger partial charge in [-0.25, -0.2) is 15.0 Å². The lowest BCUT2D eigenvalue weighted by molar-refractivity contribution is 0.0188. The third-order valence-electron chi connectivity index (χ3n) is 6.54. The maximum atomic E-state index is 5.75. The van der Waals surface area contributed by atoms with Crippen LogP contribution in [-0.2, 0) is 11.3 Å². The van der Waals surface area contributed by atoms with Crippen LogP contribution in [0, 0.1) is 0 Å². The average Bonchev–Trinajstić information content (AvgIpc) is 3.22. The van der Waals surface area contributed by atoms with Crippen molar-refractivity contribution in [2.24, 2.45) is 0 Å². The fourth-order valence-electron chi connectivity index (χ4n) is 5.15. The van der Waals surface area contributed by atoms with Crippen LogP contribution in [0.2, 0.25) is 0 Å². The van der Waals surface area contributed by atoms with Gasteiger partial charge in [0.1, 0.15) is 23.6 Å². The van der Waals surface area contributed by atoms with Gasteiger partial charge in [-0.3, -0.25) is 0 Å². The van der Waals surface area contributed by atoms with E-state index in [9.17, 15) is 0 Å². The molecule has 3 aromatic heterocycles. The van der Waals surface area contributed by atoms with Crippen molar-refractivity contribution in [3.8, 4) is 0 Å². The molecule has 2 aliphatic rings. The Balaban J connectivity index is 1.35. The first-order chi connectivity index (χ1) is 15.6. The monoisotopic (exact) mass is 435 g/mol. The van der Waals surface area contributed by atoms with Crippen molar-refractivity contribution in [1.82, 2.24) is 25.3 Å². The van der Waals surface area contributed by atoms with Crippen molar-refractivity contribution in [3.63, 3.8) is 0 Å². The number of H-pyrrole nitrogens is 1. The Kier molecular flexibility index (Phi) is 5.97. The van der Waals surface area contributed by atoms with Crippen molar-refractivity contribution in [3.05, 3.63) is 42.0 Å². The number of pyridine rings is 1. The molecule has 3 N–H and O–H groups in total. The summed E-state index contributed by atoms with van der Waals surface area (Å²) in [6.45, 7) is 9.95. The lowest BCUT2D eigenvalue weighted by Gasteiger charge is -2.37. The van der Waals surface area contributed by atoms with Gasteiger partial charge in [-0.2, -0.15) is 0 Å². The molecule has 0 aromatic carbocycles. The highest BCUT2D eigenvalue weighted by Gasteiger charge is 2.25. The normalized spacial score (nSPS) is 26.4.